The molecule has 1 heterocycles. The third kappa shape index (κ3) is 1.98. The largest absolute Gasteiger partial charge is 0.324 e. The van der Waals surface area contributed by atoms with Gasteiger partial charge in [-0.25, -0.2) is 4.39 Å². The number of nitro groups is 1. The van der Waals surface area contributed by atoms with Crippen molar-refractivity contribution < 1.29 is 9.31 Å². The molecule has 3 rings (SSSR count). The summed E-state index contributed by atoms with van der Waals surface area (Å²) >= 11 is 0. The highest BCUT2D eigenvalue weighted by atomic mass is 19.1. The molecule has 0 aliphatic heterocycles. The van der Waals surface area contributed by atoms with Crippen LogP contribution in [-0.4, -0.2) is 9.49 Å². The van der Waals surface area contributed by atoms with Gasteiger partial charge in [-0.2, -0.15) is 0 Å². The van der Waals surface area contributed by atoms with Gasteiger partial charge in [0.25, 0.3) is 5.69 Å². The fraction of sp³-hybridized carbons (Fsp3) is 0.286. The quantitative estimate of drug-likeness (QED) is 0.676. The molecule has 1 unspecified atom stereocenters. The van der Waals surface area contributed by atoms with Crippen LogP contribution in [0.15, 0.2) is 30.5 Å². The highest BCUT2D eigenvalue weighted by molar-refractivity contribution is 5.47. The summed E-state index contributed by atoms with van der Waals surface area (Å²) in [5.74, 6) is -0.479. The van der Waals surface area contributed by atoms with Gasteiger partial charge in [0.05, 0.1) is 10.6 Å². The lowest BCUT2D eigenvalue weighted by molar-refractivity contribution is -0.384. The Bertz CT molecular complexity index is 681. The van der Waals surface area contributed by atoms with Crippen LogP contribution in [0.4, 0.5) is 10.1 Å². The van der Waals surface area contributed by atoms with Crippen molar-refractivity contribution in [2.24, 2.45) is 5.73 Å². The van der Waals surface area contributed by atoms with Crippen LogP contribution in [-0.2, 0) is 6.42 Å². The summed E-state index contributed by atoms with van der Waals surface area (Å²) in [6, 6.07) is 5.39. The van der Waals surface area contributed by atoms with Gasteiger partial charge in [-0.05, 0) is 37.0 Å². The average molecular weight is 275 g/mol. The van der Waals surface area contributed by atoms with Crippen LogP contribution < -0.4 is 5.73 Å². The van der Waals surface area contributed by atoms with E-state index in [2.05, 4.69) is 0 Å². The Labute approximate surface area is 115 Å². The lowest BCUT2D eigenvalue weighted by Gasteiger charge is -2.21. The Hall–Kier alpha value is -2.21. The van der Waals surface area contributed by atoms with Crippen molar-refractivity contribution >= 4 is 5.69 Å². The minimum Gasteiger partial charge on any atom is -0.324 e. The van der Waals surface area contributed by atoms with E-state index in [1.54, 1.807) is 10.8 Å². The Morgan fingerprint density at radius 3 is 2.95 bits per heavy atom. The number of hydrogen-bond acceptors (Lipinski definition) is 3. The molecular weight excluding hydrogens is 261 g/mol. The molecule has 0 radical (unpaired) electrons. The van der Waals surface area contributed by atoms with E-state index < -0.39 is 10.7 Å². The van der Waals surface area contributed by atoms with E-state index in [0.29, 0.717) is 0 Å². The molecule has 2 aromatic rings. The number of nitro benzene ring substituents is 1. The van der Waals surface area contributed by atoms with E-state index in [9.17, 15) is 14.5 Å². The van der Waals surface area contributed by atoms with Gasteiger partial charge in [0.1, 0.15) is 5.82 Å². The number of nitrogens with two attached hydrogens (primary N) is 1. The normalized spacial score (nSPS) is 17.8. The molecule has 20 heavy (non-hydrogen) atoms. The summed E-state index contributed by atoms with van der Waals surface area (Å²) in [5, 5.41) is 10.8. The molecule has 6 heteroatoms. The van der Waals surface area contributed by atoms with Crippen molar-refractivity contribution in [3.05, 3.63) is 57.7 Å². The number of hydrogen-bond donors (Lipinski definition) is 1. The van der Waals surface area contributed by atoms with E-state index >= 15 is 0 Å². The molecule has 0 bridgehead atoms. The van der Waals surface area contributed by atoms with Crippen LogP contribution in [0.2, 0.25) is 0 Å². The Morgan fingerprint density at radius 2 is 2.20 bits per heavy atom. The maximum Gasteiger partial charge on any atom is 0.271 e. The van der Waals surface area contributed by atoms with E-state index in [1.807, 2.05) is 6.07 Å². The second-order valence-corrected chi connectivity index (χ2v) is 4.98. The lowest BCUT2D eigenvalue weighted by atomic mass is 9.93. The highest BCUT2D eigenvalue weighted by Gasteiger charge is 2.22. The molecule has 1 aliphatic carbocycles. The minimum absolute atomic E-state index is 0.0400. The van der Waals surface area contributed by atoms with Crippen molar-refractivity contribution in [2.45, 2.75) is 25.3 Å². The summed E-state index contributed by atoms with van der Waals surface area (Å²) < 4.78 is 15.7. The number of halogens is 1. The zero-order chi connectivity index (χ0) is 14.3. The summed E-state index contributed by atoms with van der Waals surface area (Å²) in [6.45, 7) is 0. The van der Waals surface area contributed by atoms with Gasteiger partial charge in [-0.3, -0.25) is 10.1 Å². The number of benzene rings is 1. The first-order valence-corrected chi connectivity index (χ1v) is 6.48. The Kier molecular flexibility index (Phi) is 3.02. The minimum atomic E-state index is -0.523. The molecule has 1 aromatic carbocycles. The fourth-order valence-corrected chi connectivity index (χ4v) is 2.75. The number of aromatic nitrogens is 1. The first-order valence-electron chi connectivity index (χ1n) is 6.48. The van der Waals surface area contributed by atoms with Crippen molar-refractivity contribution in [2.75, 3.05) is 0 Å². The molecule has 0 saturated heterocycles. The van der Waals surface area contributed by atoms with Crippen molar-refractivity contribution in [3.63, 3.8) is 0 Å². The number of fused-ring (bicyclic) bond motifs is 1. The van der Waals surface area contributed by atoms with Gasteiger partial charge >= 0.3 is 0 Å². The van der Waals surface area contributed by atoms with E-state index in [4.69, 9.17) is 5.73 Å². The second kappa shape index (κ2) is 4.72. The maximum atomic E-state index is 14.0. The highest BCUT2D eigenvalue weighted by Crippen LogP contribution is 2.32. The smallest absolute Gasteiger partial charge is 0.271 e. The van der Waals surface area contributed by atoms with E-state index in [0.717, 1.165) is 36.6 Å². The predicted molar refractivity (Wildman–Crippen MR) is 72.2 cm³/mol. The SMILES string of the molecule is NC1CCCc2c1ccn2-c1cc([N+](=O)[O-])ccc1F. The third-order valence-corrected chi connectivity index (χ3v) is 3.76. The molecule has 0 saturated carbocycles. The molecule has 1 aliphatic rings. The molecule has 1 atom stereocenters. The van der Waals surface area contributed by atoms with Gasteiger partial charge in [-0.1, -0.05) is 0 Å². The van der Waals surface area contributed by atoms with Crippen LogP contribution in [0.3, 0.4) is 0 Å². The summed E-state index contributed by atoms with van der Waals surface area (Å²) in [4.78, 5) is 10.3. The standard InChI is InChI=1S/C14H14FN3O2/c15-11-5-4-9(18(19)20)8-14(11)17-7-6-10-12(16)2-1-3-13(10)17/h4-8,12H,1-3,16H2. The van der Waals surface area contributed by atoms with Crippen molar-refractivity contribution in [3.8, 4) is 5.69 Å². The predicted octanol–water partition coefficient (Wildman–Crippen LogP) is 2.86. The average Bonchev–Trinajstić information content (AvgIpc) is 2.84. The molecule has 2 N–H and O–H groups in total. The summed E-state index contributed by atoms with van der Waals surface area (Å²) in [5.41, 5.74) is 8.07. The second-order valence-electron chi connectivity index (χ2n) is 4.98. The Balaban J connectivity index is 2.14. The van der Waals surface area contributed by atoms with Crippen LogP contribution in [0.25, 0.3) is 5.69 Å². The van der Waals surface area contributed by atoms with Crippen LogP contribution >= 0.6 is 0 Å². The molecule has 0 amide bonds. The number of nitrogens with zero attached hydrogens (tertiary/aromatic N) is 2. The van der Waals surface area contributed by atoms with Gasteiger partial charge in [-0.15, -0.1) is 0 Å². The molecule has 5 nitrogen and oxygen atoms in total. The van der Waals surface area contributed by atoms with Gasteiger partial charge < -0.3 is 10.3 Å². The van der Waals surface area contributed by atoms with Crippen LogP contribution in [0.1, 0.15) is 30.1 Å². The maximum absolute atomic E-state index is 14.0. The number of non-ortho nitro benzene ring substituents is 1. The molecule has 0 fully saturated rings. The number of rotatable bonds is 2. The van der Waals surface area contributed by atoms with E-state index in [1.165, 1.54) is 12.1 Å². The summed E-state index contributed by atoms with van der Waals surface area (Å²) in [6.07, 6.45) is 4.39. The Morgan fingerprint density at radius 1 is 1.40 bits per heavy atom. The monoisotopic (exact) mass is 275 g/mol. The van der Waals surface area contributed by atoms with Crippen LogP contribution in [0, 0.1) is 15.9 Å². The molecule has 104 valence electrons. The van der Waals surface area contributed by atoms with Crippen molar-refractivity contribution in [1.82, 2.24) is 4.57 Å². The molecular formula is C14H14FN3O2. The first-order chi connectivity index (χ1) is 9.58. The lowest BCUT2D eigenvalue weighted by Crippen LogP contribution is -2.18. The summed E-state index contributed by atoms with van der Waals surface area (Å²) in [7, 11) is 0. The molecule has 1 aromatic heterocycles. The fourth-order valence-electron chi connectivity index (χ4n) is 2.75. The van der Waals surface area contributed by atoms with Gasteiger partial charge in [0.15, 0.2) is 0 Å². The van der Waals surface area contributed by atoms with Crippen LogP contribution in [0.5, 0.6) is 0 Å². The van der Waals surface area contributed by atoms with Gasteiger partial charge in [0.2, 0.25) is 0 Å². The zero-order valence-electron chi connectivity index (χ0n) is 10.8. The first kappa shape index (κ1) is 12.8. The third-order valence-electron chi connectivity index (χ3n) is 3.76. The van der Waals surface area contributed by atoms with Gasteiger partial charge in [0, 0.05) is 30.1 Å². The molecule has 0 spiro atoms. The van der Waals surface area contributed by atoms with E-state index in [-0.39, 0.29) is 17.4 Å². The zero-order valence-corrected chi connectivity index (χ0v) is 10.8. The van der Waals surface area contributed by atoms with Crippen molar-refractivity contribution in [1.29, 1.82) is 0 Å². The topological polar surface area (TPSA) is 74.1 Å².